The largest absolute Gasteiger partial charge is 0.389 e. The molecule has 4 rings (SSSR count). The van der Waals surface area contributed by atoms with Crippen LogP contribution in [-0.4, -0.2) is 40.1 Å². The van der Waals surface area contributed by atoms with Crippen molar-refractivity contribution in [2.24, 2.45) is 0 Å². The maximum absolute atomic E-state index is 11.9. The lowest BCUT2D eigenvalue weighted by molar-refractivity contribution is 0.0165. The molecule has 28 heavy (non-hydrogen) atoms. The molecular formula is C23H23N3O2. The minimum atomic E-state index is -0.708. The normalized spacial score (nSPS) is 16.0. The Kier molecular flexibility index (Phi) is 5.17. The fraction of sp³-hybridized carbons (Fsp3) is 0.261. The van der Waals surface area contributed by atoms with E-state index in [9.17, 15) is 9.90 Å². The molecule has 0 amide bonds. The molecule has 0 spiro atoms. The molecule has 1 saturated heterocycles. The highest BCUT2D eigenvalue weighted by Gasteiger charge is 2.33. The molecule has 5 nitrogen and oxygen atoms in total. The van der Waals surface area contributed by atoms with Crippen LogP contribution in [-0.2, 0) is 6.42 Å². The molecule has 2 aromatic heterocycles. The first-order chi connectivity index (χ1) is 13.7. The minimum Gasteiger partial charge on any atom is -0.389 e. The third kappa shape index (κ3) is 3.80. The van der Waals surface area contributed by atoms with Crippen LogP contribution in [0.25, 0.3) is 11.3 Å². The molecule has 5 heteroatoms. The number of nitrogens with zero attached hydrogens (tertiary/aromatic N) is 3. The first kappa shape index (κ1) is 18.3. The predicted molar refractivity (Wildman–Crippen MR) is 109 cm³/mol. The van der Waals surface area contributed by atoms with Crippen LogP contribution in [0, 0.1) is 0 Å². The smallest absolute Gasteiger partial charge is 0.154 e. The summed E-state index contributed by atoms with van der Waals surface area (Å²) in [5.74, 6) is 0. The molecule has 1 fully saturated rings. The molecule has 1 aliphatic rings. The van der Waals surface area contributed by atoms with E-state index >= 15 is 0 Å². The molecule has 3 aromatic rings. The van der Waals surface area contributed by atoms with Crippen molar-refractivity contribution in [2.45, 2.75) is 24.9 Å². The molecule has 142 valence electrons. The Morgan fingerprint density at radius 2 is 1.71 bits per heavy atom. The summed E-state index contributed by atoms with van der Waals surface area (Å²) in [6.07, 6.45) is 7.98. The van der Waals surface area contributed by atoms with E-state index in [0.717, 1.165) is 23.1 Å². The molecule has 0 bridgehead atoms. The topological polar surface area (TPSA) is 66.3 Å². The average Bonchev–Trinajstić information content (AvgIpc) is 2.75. The van der Waals surface area contributed by atoms with Crippen LogP contribution >= 0.6 is 0 Å². The predicted octanol–water partition coefficient (Wildman–Crippen LogP) is 3.53. The standard InChI is InChI=1S/C23H23N3O2/c27-17-20-21(8-13-25-22(20)19-6-11-24-12-7-19)26-14-9-23(28,10-15-26)16-18-4-2-1-3-5-18/h1-8,11-13,17,28H,9-10,14-16H2. The van der Waals surface area contributed by atoms with Gasteiger partial charge in [-0.15, -0.1) is 0 Å². The molecule has 0 saturated carbocycles. The number of pyridine rings is 2. The van der Waals surface area contributed by atoms with Gasteiger partial charge in [-0.05, 0) is 36.6 Å². The van der Waals surface area contributed by atoms with Crippen molar-refractivity contribution >= 4 is 12.0 Å². The third-order valence-electron chi connectivity index (χ3n) is 5.45. The van der Waals surface area contributed by atoms with Gasteiger partial charge in [0.15, 0.2) is 6.29 Å². The molecule has 1 aromatic carbocycles. The number of carbonyl (C=O) groups is 1. The van der Waals surface area contributed by atoms with Crippen LogP contribution < -0.4 is 4.90 Å². The number of aromatic nitrogens is 2. The molecule has 1 N–H and O–H groups in total. The summed E-state index contributed by atoms with van der Waals surface area (Å²) in [6.45, 7) is 1.40. The summed E-state index contributed by atoms with van der Waals surface area (Å²) in [4.78, 5) is 22.5. The lowest BCUT2D eigenvalue weighted by Gasteiger charge is -2.40. The Balaban J connectivity index is 1.54. The van der Waals surface area contributed by atoms with Crippen molar-refractivity contribution in [3.63, 3.8) is 0 Å². The number of anilines is 1. The lowest BCUT2D eigenvalue weighted by Crippen LogP contribution is -2.46. The summed E-state index contributed by atoms with van der Waals surface area (Å²) in [5.41, 5.74) is 3.44. The Bertz CT molecular complexity index is 937. The second-order valence-corrected chi connectivity index (χ2v) is 7.32. The second kappa shape index (κ2) is 7.90. The van der Waals surface area contributed by atoms with Crippen molar-refractivity contribution in [2.75, 3.05) is 18.0 Å². The van der Waals surface area contributed by atoms with Crippen LogP contribution in [0.15, 0.2) is 67.1 Å². The summed E-state index contributed by atoms with van der Waals surface area (Å²) < 4.78 is 0. The van der Waals surface area contributed by atoms with Gasteiger partial charge in [-0.2, -0.15) is 0 Å². The van der Waals surface area contributed by atoms with Gasteiger partial charge in [0.25, 0.3) is 0 Å². The highest BCUT2D eigenvalue weighted by Crippen LogP contribution is 2.33. The van der Waals surface area contributed by atoms with Gasteiger partial charge in [-0.1, -0.05) is 30.3 Å². The van der Waals surface area contributed by atoms with Crippen molar-refractivity contribution in [1.29, 1.82) is 0 Å². The van der Waals surface area contributed by atoms with Gasteiger partial charge in [-0.25, -0.2) is 0 Å². The van der Waals surface area contributed by atoms with Gasteiger partial charge in [-0.3, -0.25) is 14.8 Å². The zero-order valence-corrected chi connectivity index (χ0v) is 15.7. The van der Waals surface area contributed by atoms with Crippen molar-refractivity contribution in [3.05, 3.63) is 78.2 Å². The quantitative estimate of drug-likeness (QED) is 0.693. The fourth-order valence-electron chi connectivity index (χ4n) is 3.91. The van der Waals surface area contributed by atoms with Gasteiger partial charge >= 0.3 is 0 Å². The van der Waals surface area contributed by atoms with Crippen molar-refractivity contribution in [1.82, 2.24) is 9.97 Å². The van der Waals surface area contributed by atoms with E-state index < -0.39 is 5.60 Å². The number of hydrogen-bond donors (Lipinski definition) is 1. The molecule has 0 unspecified atom stereocenters. The summed E-state index contributed by atoms with van der Waals surface area (Å²) in [5, 5.41) is 11.0. The van der Waals surface area contributed by atoms with E-state index in [1.54, 1.807) is 18.6 Å². The summed E-state index contributed by atoms with van der Waals surface area (Å²) >= 11 is 0. The van der Waals surface area contributed by atoms with E-state index in [4.69, 9.17) is 0 Å². The molecule has 1 aliphatic heterocycles. The molecule has 0 atom stereocenters. The summed E-state index contributed by atoms with van der Waals surface area (Å²) in [6, 6.07) is 15.7. The summed E-state index contributed by atoms with van der Waals surface area (Å²) in [7, 11) is 0. The molecule has 3 heterocycles. The number of benzene rings is 1. The SMILES string of the molecule is O=Cc1c(N2CCC(O)(Cc3ccccc3)CC2)ccnc1-c1ccncc1. The zero-order chi connectivity index (χ0) is 19.4. The van der Waals surface area contributed by atoms with E-state index in [0.29, 0.717) is 43.6 Å². The monoisotopic (exact) mass is 373 g/mol. The maximum atomic E-state index is 11.9. The van der Waals surface area contributed by atoms with E-state index in [-0.39, 0.29) is 0 Å². The maximum Gasteiger partial charge on any atom is 0.154 e. The van der Waals surface area contributed by atoms with Crippen molar-refractivity contribution in [3.8, 4) is 11.3 Å². The van der Waals surface area contributed by atoms with Gasteiger partial charge in [0.05, 0.1) is 22.5 Å². The zero-order valence-electron chi connectivity index (χ0n) is 15.7. The Morgan fingerprint density at radius 1 is 1.00 bits per heavy atom. The van der Waals surface area contributed by atoms with Gasteiger partial charge in [0, 0.05) is 43.7 Å². The van der Waals surface area contributed by atoms with E-state index in [1.807, 2.05) is 36.4 Å². The van der Waals surface area contributed by atoms with Gasteiger partial charge in [0.2, 0.25) is 0 Å². The Morgan fingerprint density at radius 3 is 2.39 bits per heavy atom. The third-order valence-corrected chi connectivity index (χ3v) is 5.45. The van der Waals surface area contributed by atoms with Gasteiger partial charge in [0.1, 0.15) is 0 Å². The van der Waals surface area contributed by atoms with Crippen LogP contribution in [0.1, 0.15) is 28.8 Å². The van der Waals surface area contributed by atoms with Gasteiger partial charge < -0.3 is 10.0 Å². The Labute approximate surface area is 164 Å². The number of carbonyl (C=O) groups excluding carboxylic acids is 1. The number of aliphatic hydroxyl groups is 1. The fourth-order valence-corrected chi connectivity index (χ4v) is 3.91. The van der Waals surface area contributed by atoms with E-state index in [2.05, 4.69) is 27.0 Å². The molecule has 0 radical (unpaired) electrons. The van der Waals surface area contributed by atoms with E-state index in [1.165, 1.54) is 0 Å². The number of rotatable bonds is 5. The number of aldehydes is 1. The van der Waals surface area contributed by atoms with Crippen LogP contribution in [0.5, 0.6) is 0 Å². The molecular weight excluding hydrogens is 350 g/mol. The first-order valence-corrected chi connectivity index (χ1v) is 9.54. The average molecular weight is 373 g/mol. The number of piperidine rings is 1. The lowest BCUT2D eigenvalue weighted by atomic mass is 9.85. The minimum absolute atomic E-state index is 0.585. The second-order valence-electron chi connectivity index (χ2n) is 7.32. The van der Waals surface area contributed by atoms with Crippen molar-refractivity contribution < 1.29 is 9.90 Å². The van der Waals surface area contributed by atoms with Crippen LogP contribution in [0.4, 0.5) is 5.69 Å². The molecule has 0 aliphatic carbocycles. The van der Waals surface area contributed by atoms with Crippen LogP contribution in [0.2, 0.25) is 0 Å². The Hall–Kier alpha value is -3.05. The highest BCUT2D eigenvalue weighted by molar-refractivity contribution is 5.93. The first-order valence-electron chi connectivity index (χ1n) is 9.54. The highest BCUT2D eigenvalue weighted by atomic mass is 16.3. The van der Waals surface area contributed by atoms with Crippen LogP contribution in [0.3, 0.4) is 0 Å². The number of hydrogen-bond acceptors (Lipinski definition) is 5.